The molecule has 0 bridgehead atoms. The molecule has 0 aliphatic rings. The monoisotopic (exact) mass is 814 g/mol. The fourth-order valence-corrected chi connectivity index (χ4v) is 8.70. The number of nitrogens with one attached hydrogen (secondary N) is 4. The third kappa shape index (κ3) is 8.00. The second kappa shape index (κ2) is 13.8. The number of phenols is 2. The van der Waals surface area contributed by atoms with Crippen LogP contribution in [0.15, 0.2) is 129 Å². The zero-order chi connectivity index (χ0) is 39.2. The predicted octanol–water partition coefficient (Wildman–Crippen LogP) is 5.14. The van der Waals surface area contributed by atoms with Crippen LogP contribution in [0.4, 0.5) is 27.5 Å². The van der Waals surface area contributed by atoms with E-state index in [1.807, 2.05) is 0 Å². The quantitative estimate of drug-likeness (QED) is 0.0833. The number of sulfonamides is 2. The van der Waals surface area contributed by atoms with E-state index in [1.54, 1.807) is 0 Å². The number of aromatic hydroxyl groups is 2. The summed E-state index contributed by atoms with van der Waals surface area (Å²) in [6, 6.07) is 20.6. The standard InChI is InChI=1S/C33H26N4O13S4/c38-29-11-1-5-19-13-25(53(45,46)47)17-27(31(19)29)36-51(41,42)23-9-3-7-21(15-23)34-33(40)35-22-8-4-10-24(16-22)52(43,44)37-28-18-26(54(48,49)50)14-20-6-2-12-30(39)32(20)28/h1-18,36-39H,(H2,34,35,40)(H,45,46,47)(H,48,49,50). The van der Waals surface area contributed by atoms with Gasteiger partial charge in [0.05, 0.1) is 31.0 Å². The van der Waals surface area contributed by atoms with Crippen molar-refractivity contribution in [3.63, 3.8) is 0 Å². The number of carbonyl (C=O) groups is 1. The molecule has 21 heteroatoms. The summed E-state index contributed by atoms with van der Waals surface area (Å²) in [5.41, 5.74) is -0.833. The molecular formula is C33H26N4O13S4. The number of fused-ring (bicyclic) bond motifs is 2. The lowest BCUT2D eigenvalue weighted by Crippen LogP contribution is -2.20. The van der Waals surface area contributed by atoms with Crippen LogP contribution in [-0.2, 0) is 40.3 Å². The number of hydrogen-bond acceptors (Lipinski definition) is 11. The van der Waals surface area contributed by atoms with E-state index in [1.165, 1.54) is 60.7 Å². The van der Waals surface area contributed by atoms with Crippen LogP contribution < -0.4 is 20.1 Å². The minimum atomic E-state index is -4.78. The van der Waals surface area contributed by atoms with E-state index in [4.69, 9.17) is 0 Å². The lowest BCUT2D eigenvalue weighted by atomic mass is 10.1. The van der Waals surface area contributed by atoms with Crippen molar-refractivity contribution in [3.05, 3.63) is 109 Å². The molecular weight excluding hydrogens is 789 g/mol. The Morgan fingerprint density at radius 3 is 1.20 bits per heavy atom. The zero-order valence-electron chi connectivity index (χ0n) is 27.0. The molecule has 0 atom stereocenters. The topological polar surface area (TPSA) is 283 Å². The van der Waals surface area contributed by atoms with Crippen LogP contribution in [-0.4, -0.2) is 59.0 Å². The fourth-order valence-electron chi connectivity index (χ4n) is 5.40. The van der Waals surface area contributed by atoms with Crippen LogP contribution >= 0.6 is 0 Å². The van der Waals surface area contributed by atoms with Crippen LogP contribution in [0, 0.1) is 0 Å². The lowest BCUT2D eigenvalue weighted by Gasteiger charge is -2.15. The number of rotatable bonds is 10. The highest BCUT2D eigenvalue weighted by atomic mass is 32.2. The zero-order valence-corrected chi connectivity index (χ0v) is 30.3. The molecule has 8 N–H and O–H groups in total. The first-order chi connectivity index (χ1) is 25.2. The number of hydrogen-bond donors (Lipinski definition) is 8. The van der Waals surface area contributed by atoms with Gasteiger partial charge in [-0.2, -0.15) is 16.8 Å². The van der Waals surface area contributed by atoms with Crippen LogP contribution in [0.25, 0.3) is 21.5 Å². The number of urea groups is 1. The molecule has 0 heterocycles. The number of amides is 2. The van der Waals surface area contributed by atoms with Gasteiger partial charge in [-0.05, 0) is 83.6 Å². The summed E-state index contributed by atoms with van der Waals surface area (Å²) < 4.78 is 125. The van der Waals surface area contributed by atoms with E-state index in [0.29, 0.717) is 0 Å². The lowest BCUT2D eigenvalue weighted by molar-refractivity contribution is 0.262. The molecule has 2 amide bonds. The first-order valence-corrected chi connectivity index (χ1v) is 20.9. The second-order valence-corrected chi connectivity index (χ2v) is 17.7. The predicted molar refractivity (Wildman–Crippen MR) is 198 cm³/mol. The van der Waals surface area contributed by atoms with Gasteiger partial charge >= 0.3 is 6.03 Å². The second-order valence-electron chi connectivity index (χ2n) is 11.5. The highest BCUT2D eigenvalue weighted by molar-refractivity contribution is 7.93. The van der Waals surface area contributed by atoms with E-state index in [0.717, 1.165) is 48.5 Å². The summed E-state index contributed by atoms with van der Waals surface area (Å²) in [6.07, 6.45) is 0. The molecule has 0 spiro atoms. The van der Waals surface area contributed by atoms with Gasteiger partial charge in [0.2, 0.25) is 0 Å². The molecule has 0 saturated heterocycles. The highest BCUT2D eigenvalue weighted by Gasteiger charge is 2.23. The summed E-state index contributed by atoms with van der Waals surface area (Å²) in [4.78, 5) is 10.9. The van der Waals surface area contributed by atoms with Gasteiger partial charge in [0, 0.05) is 22.1 Å². The fraction of sp³-hybridized carbons (Fsp3) is 0. The van der Waals surface area contributed by atoms with Gasteiger partial charge in [0.25, 0.3) is 40.3 Å². The number of benzene rings is 6. The molecule has 6 aromatic carbocycles. The van der Waals surface area contributed by atoms with Gasteiger partial charge in [-0.1, -0.05) is 36.4 Å². The summed E-state index contributed by atoms with van der Waals surface area (Å²) in [5.74, 6) is -0.767. The Kier molecular flexibility index (Phi) is 9.64. The molecule has 17 nitrogen and oxygen atoms in total. The largest absolute Gasteiger partial charge is 0.507 e. The molecule has 0 aliphatic heterocycles. The Bertz CT molecular complexity index is 2770. The minimum absolute atomic E-state index is 0.0504. The molecule has 0 radical (unpaired) electrons. The van der Waals surface area contributed by atoms with E-state index in [9.17, 15) is 57.8 Å². The summed E-state index contributed by atoms with van der Waals surface area (Å²) in [7, 11) is -18.6. The van der Waals surface area contributed by atoms with Crippen molar-refractivity contribution in [2.45, 2.75) is 19.6 Å². The Hall–Kier alpha value is -5.97. The molecule has 0 unspecified atom stereocenters. The molecule has 6 rings (SSSR count). The van der Waals surface area contributed by atoms with E-state index >= 15 is 0 Å². The van der Waals surface area contributed by atoms with Crippen LogP contribution in [0.3, 0.4) is 0 Å². The molecule has 0 saturated carbocycles. The third-order valence-electron chi connectivity index (χ3n) is 7.75. The summed E-state index contributed by atoms with van der Waals surface area (Å²) in [6.45, 7) is 0. The van der Waals surface area contributed by atoms with Gasteiger partial charge in [-0.15, -0.1) is 0 Å². The molecule has 0 aromatic heterocycles. The molecule has 54 heavy (non-hydrogen) atoms. The van der Waals surface area contributed by atoms with Gasteiger partial charge < -0.3 is 20.8 Å². The van der Waals surface area contributed by atoms with Gasteiger partial charge in [0.15, 0.2) is 0 Å². The van der Waals surface area contributed by atoms with E-state index < -0.39 is 65.9 Å². The molecule has 0 fully saturated rings. The van der Waals surface area contributed by atoms with Crippen molar-refractivity contribution >= 4 is 90.6 Å². The van der Waals surface area contributed by atoms with E-state index in [2.05, 4.69) is 20.1 Å². The van der Waals surface area contributed by atoms with Crippen LogP contribution in [0.2, 0.25) is 0 Å². The van der Waals surface area contributed by atoms with Crippen molar-refractivity contribution in [2.75, 3.05) is 20.1 Å². The third-order valence-corrected chi connectivity index (χ3v) is 12.1. The maximum absolute atomic E-state index is 13.4. The van der Waals surface area contributed by atoms with Gasteiger partial charge in [-0.3, -0.25) is 18.5 Å². The maximum atomic E-state index is 13.4. The molecule has 0 aliphatic carbocycles. The van der Waals surface area contributed by atoms with Crippen LogP contribution in [0.1, 0.15) is 0 Å². The van der Waals surface area contributed by atoms with Crippen molar-refractivity contribution < 1.29 is 57.8 Å². The van der Waals surface area contributed by atoms with Gasteiger partial charge in [-0.25, -0.2) is 21.6 Å². The Morgan fingerprint density at radius 1 is 0.463 bits per heavy atom. The summed E-state index contributed by atoms with van der Waals surface area (Å²) >= 11 is 0. The average molecular weight is 815 g/mol. The van der Waals surface area contributed by atoms with Crippen molar-refractivity contribution in [1.82, 2.24) is 0 Å². The highest BCUT2D eigenvalue weighted by Crippen LogP contribution is 2.37. The smallest absolute Gasteiger partial charge is 0.323 e. The van der Waals surface area contributed by atoms with E-state index in [-0.39, 0.29) is 55.8 Å². The summed E-state index contributed by atoms with van der Waals surface area (Å²) in [5, 5.41) is 25.7. The normalized spacial score (nSPS) is 12.3. The number of carbonyl (C=O) groups excluding carboxylic acids is 1. The maximum Gasteiger partial charge on any atom is 0.323 e. The first-order valence-electron chi connectivity index (χ1n) is 15.0. The SMILES string of the molecule is O=C(Nc1cccc(S(=O)(=O)Nc2cc(S(=O)(=O)O)cc3cccc(O)c23)c1)Nc1cccc(S(=O)(=O)Nc2cc(S(=O)(=O)O)cc3cccc(O)c23)c1. The Morgan fingerprint density at radius 2 is 0.833 bits per heavy atom. The number of anilines is 4. The van der Waals surface area contributed by atoms with Gasteiger partial charge in [0.1, 0.15) is 11.5 Å². The first kappa shape index (κ1) is 37.8. The van der Waals surface area contributed by atoms with Crippen LogP contribution in [0.5, 0.6) is 11.5 Å². The van der Waals surface area contributed by atoms with Crippen molar-refractivity contribution in [2.24, 2.45) is 0 Å². The van der Waals surface area contributed by atoms with Crippen molar-refractivity contribution in [1.29, 1.82) is 0 Å². The minimum Gasteiger partial charge on any atom is -0.507 e. The molecule has 280 valence electrons. The Labute approximate surface area is 307 Å². The number of phenolic OH excluding ortho intramolecular Hbond substituents is 2. The molecule has 6 aromatic rings. The Balaban J connectivity index is 1.22. The average Bonchev–Trinajstić information content (AvgIpc) is 3.07. The van der Waals surface area contributed by atoms with Crippen molar-refractivity contribution in [3.8, 4) is 11.5 Å².